The average Bonchev–Trinajstić information content (AvgIpc) is 3.56. The number of aliphatic hydroxyl groups is 2. The third kappa shape index (κ3) is 6.94. The molecule has 1 unspecified atom stereocenters. The molecule has 1 aromatic heterocycles. The van der Waals surface area contributed by atoms with Crippen LogP contribution in [0.4, 0.5) is 13.2 Å². The van der Waals surface area contributed by atoms with Crippen molar-refractivity contribution in [1.29, 1.82) is 0 Å². The van der Waals surface area contributed by atoms with Gasteiger partial charge in [-0.05, 0) is 55.5 Å². The molecule has 0 spiro atoms. The maximum Gasteiger partial charge on any atom is 0.449 e. The van der Waals surface area contributed by atoms with Gasteiger partial charge < -0.3 is 25.0 Å². The normalized spacial score (nSPS) is 17.2. The number of likely N-dealkylation sites (tertiary alicyclic amines) is 1. The van der Waals surface area contributed by atoms with Crippen LogP contribution in [0.2, 0.25) is 5.02 Å². The van der Waals surface area contributed by atoms with Crippen LogP contribution < -0.4 is 5.32 Å². The number of aromatic nitrogens is 2. The van der Waals surface area contributed by atoms with Gasteiger partial charge in [-0.2, -0.15) is 13.2 Å². The van der Waals surface area contributed by atoms with Gasteiger partial charge in [0, 0.05) is 24.7 Å². The highest BCUT2D eigenvalue weighted by molar-refractivity contribution is 6.30. The minimum absolute atomic E-state index is 0.154. The molecule has 1 aliphatic rings. The van der Waals surface area contributed by atoms with Gasteiger partial charge in [0.15, 0.2) is 12.2 Å². The molecule has 0 saturated carbocycles. The van der Waals surface area contributed by atoms with Crippen molar-refractivity contribution in [1.82, 2.24) is 19.8 Å². The van der Waals surface area contributed by atoms with Crippen molar-refractivity contribution in [2.75, 3.05) is 13.1 Å². The lowest BCUT2D eigenvalue weighted by Gasteiger charge is -2.28. The SMILES string of the molecule is O=C(NCCCCCCn1c(C(F)(F)F)nc2ccccc21)[C@H](O)[C@@H](O)C(=O)N1CCCC1c1cccc(Cl)c1. The van der Waals surface area contributed by atoms with Crippen LogP contribution >= 0.6 is 11.6 Å². The highest BCUT2D eigenvalue weighted by Gasteiger charge is 2.39. The molecule has 3 atom stereocenters. The smallest absolute Gasteiger partial charge is 0.380 e. The summed E-state index contributed by atoms with van der Waals surface area (Å²) in [5.41, 5.74) is 1.54. The molecule has 2 amide bonds. The summed E-state index contributed by atoms with van der Waals surface area (Å²) >= 11 is 6.07. The van der Waals surface area contributed by atoms with Gasteiger partial charge in [-0.1, -0.05) is 48.7 Å². The number of nitrogens with one attached hydrogen (secondary N) is 1. The fourth-order valence-electron chi connectivity index (χ4n) is 5.12. The van der Waals surface area contributed by atoms with Gasteiger partial charge >= 0.3 is 6.18 Å². The number of nitrogens with zero attached hydrogens (tertiary/aromatic N) is 3. The van der Waals surface area contributed by atoms with Gasteiger partial charge in [0.1, 0.15) is 0 Å². The molecule has 2 heterocycles. The van der Waals surface area contributed by atoms with E-state index in [0.717, 1.165) is 5.56 Å². The first-order valence-corrected chi connectivity index (χ1v) is 13.7. The van der Waals surface area contributed by atoms with Crippen molar-refractivity contribution in [3.63, 3.8) is 0 Å². The predicted molar refractivity (Wildman–Crippen MR) is 143 cm³/mol. The maximum atomic E-state index is 13.4. The van der Waals surface area contributed by atoms with Crippen LogP contribution in [0.5, 0.6) is 0 Å². The van der Waals surface area contributed by atoms with Gasteiger partial charge in [-0.25, -0.2) is 4.98 Å². The van der Waals surface area contributed by atoms with Crippen LogP contribution in [-0.4, -0.2) is 61.8 Å². The minimum Gasteiger partial charge on any atom is -0.380 e. The van der Waals surface area contributed by atoms with Crippen molar-refractivity contribution in [2.24, 2.45) is 0 Å². The van der Waals surface area contributed by atoms with Gasteiger partial charge in [-0.15, -0.1) is 0 Å². The van der Waals surface area contributed by atoms with E-state index >= 15 is 0 Å². The Labute approximate surface area is 234 Å². The molecule has 12 heteroatoms. The maximum absolute atomic E-state index is 13.4. The number of alkyl halides is 3. The summed E-state index contributed by atoms with van der Waals surface area (Å²) in [5.74, 6) is -2.51. The molecule has 3 N–H and O–H groups in total. The van der Waals surface area contributed by atoms with E-state index in [-0.39, 0.29) is 19.1 Å². The molecule has 2 aromatic carbocycles. The zero-order valence-corrected chi connectivity index (χ0v) is 22.5. The zero-order valence-electron chi connectivity index (χ0n) is 21.8. The highest BCUT2D eigenvalue weighted by atomic mass is 35.5. The van der Waals surface area contributed by atoms with E-state index in [1.165, 1.54) is 9.47 Å². The molecule has 1 aliphatic heterocycles. The summed E-state index contributed by atoms with van der Waals surface area (Å²) in [6, 6.07) is 13.3. The number of aryl methyl sites for hydroxylation is 1. The summed E-state index contributed by atoms with van der Waals surface area (Å²) in [6.07, 6.45) is -4.76. The van der Waals surface area contributed by atoms with Gasteiger partial charge in [0.2, 0.25) is 5.82 Å². The molecule has 0 aliphatic carbocycles. The van der Waals surface area contributed by atoms with Gasteiger partial charge in [0.25, 0.3) is 11.8 Å². The molecule has 8 nitrogen and oxygen atoms in total. The number of aliphatic hydroxyl groups excluding tert-OH is 2. The quantitative estimate of drug-likeness (QED) is 0.290. The summed E-state index contributed by atoms with van der Waals surface area (Å²) in [4.78, 5) is 30.5. The fourth-order valence-corrected chi connectivity index (χ4v) is 5.32. The number of amides is 2. The number of imidazole rings is 1. The summed E-state index contributed by atoms with van der Waals surface area (Å²) in [6.45, 7) is 0.732. The van der Waals surface area contributed by atoms with E-state index in [0.29, 0.717) is 61.1 Å². The Morgan fingerprint density at radius 2 is 1.80 bits per heavy atom. The number of rotatable bonds is 11. The van der Waals surface area contributed by atoms with Crippen molar-refractivity contribution in [3.8, 4) is 0 Å². The van der Waals surface area contributed by atoms with Gasteiger partial charge in [-0.3, -0.25) is 9.59 Å². The number of benzene rings is 2. The van der Waals surface area contributed by atoms with E-state index < -0.39 is 36.0 Å². The fraction of sp³-hybridized carbons (Fsp3) is 0.464. The number of carbonyl (C=O) groups excluding carboxylic acids is 2. The molecule has 216 valence electrons. The third-order valence-corrected chi connectivity index (χ3v) is 7.34. The van der Waals surface area contributed by atoms with Crippen molar-refractivity contribution < 1.29 is 33.0 Å². The second-order valence-corrected chi connectivity index (χ2v) is 10.3. The second kappa shape index (κ2) is 13.0. The first-order valence-electron chi connectivity index (χ1n) is 13.3. The van der Waals surface area contributed by atoms with Crippen LogP contribution in [0.15, 0.2) is 48.5 Å². The number of hydrogen-bond donors (Lipinski definition) is 3. The van der Waals surface area contributed by atoms with E-state index in [1.807, 2.05) is 6.07 Å². The molecule has 1 fully saturated rings. The topological polar surface area (TPSA) is 108 Å². The number of unbranched alkanes of at least 4 members (excludes halogenated alkanes) is 3. The van der Waals surface area contributed by atoms with Crippen molar-refractivity contribution in [2.45, 2.75) is 69.5 Å². The van der Waals surface area contributed by atoms with Crippen LogP contribution in [0, 0.1) is 0 Å². The lowest BCUT2D eigenvalue weighted by atomic mass is 10.0. The third-order valence-electron chi connectivity index (χ3n) is 7.11. The summed E-state index contributed by atoms with van der Waals surface area (Å²) < 4.78 is 41.4. The molecule has 0 radical (unpaired) electrons. The predicted octanol–water partition coefficient (Wildman–Crippen LogP) is 4.47. The number of carbonyl (C=O) groups is 2. The molecular weight excluding hydrogens is 549 g/mol. The number of para-hydroxylation sites is 2. The molecule has 4 rings (SSSR count). The minimum atomic E-state index is -4.55. The van der Waals surface area contributed by atoms with Gasteiger partial charge in [0.05, 0.1) is 17.1 Å². The Balaban J connectivity index is 1.20. The van der Waals surface area contributed by atoms with Crippen molar-refractivity contribution in [3.05, 3.63) is 64.9 Å². The highest BCUT2D eigenvalue weighted by Crippen LogP contribution is 2.34. The first-order chi connectivity index (χ1) is 19.1. The molecule has 40 heavy (non-hydrogen) atoms. The second-order valence-electron chi connectivity index (χ2n) is 9.91. The average molecular weight is 581 g/mol. The Hall–Kier alpha value is -3.15. The number of hydrogen-bond acceptors (Lipinski definition) is 5. The summed E-state index contributed by atoms with van der Waals surface area (Å²) in [5, 5.41) is 23.8. The molecule has 3 aromatic rings. The monoisotopic (exact) mass is 580 g/mol. The van der Waals surface area contributed by atoms with E-state index in [2.05, 4.69) is 10.3 Å². The number of halogens is 4. The zero-order chi connectivity index (χ0) is 28.9. The van der Waals surface area contributed by atoms with Crippen LogP contribution in [0.1, 0.15) is 56.0 Å². The van der Waals surface area contributed by atoms with E-state index in [1.54, 1.807) is 42.5 Å². The van der Waals surface area contributed by atoms with Crippen LogP contribution in [0.3, 0.4) is 0 Å². The van der Waals surface area contributed by atoms with Crippen LogP contribution in [-0.2, 0) is 22.3 Å². The van der Waals surface area contributed by atoms with E-state index in [4.69, 9.17) is 11.6 Å². The Kier molecular flexibility index (Phi) is 9.70. The first kappa shape index (κ1) is 29.8. The van der Waals surface area contributed by atoms with E-state index in [9.17, 15) is 33.0 Å². The largest absolute Gasteiger partial charge is 0.449 e. The Morgan fingerprint density at radius 3 is 2.55 bits per heavy atom. The standard InChI is InChI=1S/C28H32ClF3N4O4/c29-19-10-7-9-18(17-19)21-13-8-16-35(21)26(40)24(38)23(37)25(39)33-14-5-1-2-6-15-36-22-12-4-3-11-20(22)34-27(36)28(30,31)32/h3-4,7,9-12,17,21,23-24,37-38H,1-2,5-6,8,13-16H2,(H,33,39)/t21?,23-,24-/m1/s1. The lowest BCUT2D eigenvalue weighted by Crippen LogP contribution is -2.50. The number of fused-ring (bicyclic) bond motifs is 1. The molecule has 0 bridgehead atoms. The summed E-state index contributed by atoms with van der Waals surface area (Å²) in [7, 11) is 0. The van der Waals surface area contributed by atoms with Crippen molar-refractivity contribution >= 4 is 34.4 Å². The Morgan fingerprint density at radius 1 is 1.05 bits per heavy atom. The molecular formula is C28H32ClF3N4O4. The molecule has 1 saturated heterocycles. The van der Waals surface area contributed by atoms with Crippen LogP contribution in [0.25, 0.3) is 11.0 Å². The Bertz CT molecular complexity index is 1330. The lowest BCUT2D eigenvalue weighted by molar-refractivity contribution is -0.153.